The van der Waals surface area contributed by atoms with E-state index in [1.54, 1.807) is 49.5 Å². The van der Waals surface area contributed by atoms with Crippen molar-refractivity contribution in [1.29, 1.82) is 0 Å². The highest BCUT2D eigenvalue weighted by atomic mass is 35.5. The smallest absolute Gasteiger partial charge is 0.395 e. The molecule has 1 heterocycles. The van der Waals surface area contributed by atoms with Crippen molar-refractivity contribution in [3.63, 3.8) is 0 Å². The number of hydrogen-bond acceptors (Lipinski definition) is 9. The first kappa shape index (κ1) is 25.4. The lowest BCUT2D eigenvalue weighted by Gasteiger charge is -2.13. The van der Waals surface area contributed by atoms with Gasteiger partial charge in [-0.3, -0.25) is 9.51 Å². The van der Waals surface area contributed by atoms with E-state index in [0.29, 0.717) is 33.3 Å². The molecule has 2 aromatic carbocycles. The zero-order valence-corrected chi connectivity index (χ0v) is 20.1. The number of esters is 1. The van der Waals surface area contributed by atoms with Crippen molar-refractivity contribution in [2.45, 2.75) is 33.0 Å². The lowest BCUT2D eigenvalue weighted by Crippen LogP contribution is -2.21. The molecule has 0 saturated carbocycles. The Kier molecular flexibility index (Phi) is 8.79. The van der Waals surface area contributed by atoms with E-state index in [1.807, 2.05) is 0 Å². The number of rotatable bonds is 9. The van der Waals surface area contributed by atoms with Crippen LogP contribution in [0.15, 0.2) is 59.5 Å². The number of aromatic hydroxyl groups is 1. The van der Waals surface area contributed by atoms with Crippen LogP contribution in [0.2, 0.25) is 5.02 Å². The van der Waals surface area contributed by atoms with E-state index in [2.05, 4.69) is 9.73 Å². The van der Waals surface area contributed by atoms with E-state index < -0.39 is 20.2 Å². The van der Waals surface area contributed by atoms with Crippen LogP contribution in [0, 0.1) is 6.92 Å². The van der Waals surface area contributed by atoms with Crippen molar-refractivity contribution in [1.82, 2.24) is 4.98 Å². The molecule has 3 N–H and O–H groups in total. The SMILES string of the molecule is Cc1ncc(COc2ccccc2O[P+]([O-])=NC(C)C(=O)Oc2ccc(Cl)cc2)c(CN)c1O. The van der Waals surface area contributed by atoms with Gasteiger partial charge in [0, 0.05) is 28.9 Å². The zero-order valence-electron chi connectivity index (χ0n) is 18.5. The van der Waals surface area contributed by atoms with Gasteiger partial charge in [0.2, 0.25) is 5.75 Å². The largest absolute Gasteiger partial charge is 0.575 e. The number of halogens is 1. The lowest BCUT2D eigenvalue weighted by molar-refractivity contribution is -0.169. The highest BCUT2D eigenvalue weighted by molar-refractivity contribution is 7.34. The van der Waals surface area contributed by atoms with E-state index in [9.17, 15) is 14.8 Å². The molecule has 2 atom stereocenters. The van der Waals surface area contributed by atoms with Crippen molar-refractivity contribution in [2.24, 2.45) is 10.5 Å². The van der Waals surface area contributed by atoms with E-state index in [0.717, 1.165) is 0 Å². The Labute approximate surface area is 202 Å². The number of nitrogens with zero attached hydrogens (tertiary/aromatic N) is 2. The molecular formula is C23H23ClN3O6P. The summed E-state index contributed by atoms with van der Waals surface area (Å²) in [7, 11) is -2.61. The minimum absolute atomic E-state index is 0.0227. The van der Waals surface area contributed by atoms with Gasteiger partial charge in [0.1, 0.15) is 18.1 Å². The molecule has 3 aromatic rings. The normalized spacial score (nSPS) is 12.2. The van der Waals surface area contributed by atoms with Gasteiger partial charge in [-0.1, -0.05) is 28.5 Å². The summed E-state index contributed by atoms with van der Waals surface area (Å²) in [5.41, 5.74) is 7.35. The second-order valence-corrected chi connectivity index (χ2v) is 8.46. The maximum Gasteiger partial charge on any atom is 0.395 e. The number of carbonyl (C=O) groups is 1. The monoisotopic (exact) mass is 503 g/mol. The van der Waals surface area contributed by atoms with Crippen LogP contribution >= 0.6 is 19.8 Å². The predicted molar refractivity (Wildman–Crippen MR) is 126 cm³/mol. The van der Waals surface area contributed by atoms with Crippen molar-refractivity contribution in [2.75, 3.05) is 0 Å². The van der Waals surface area contributed by atoms with Crippen LogP contribution < -0.4 is 24.6 Å². The average Bonchev–Trinajstić information content (AvgIpc) is 2.82. The van der Waals surface area contributed by atoms with Crippen LogP contribution in [0.4, 0.5) is 0 Å². The van der Waals surface area contributed by atoms with Gasteiger partial charge in [-0.25, -0.2) is 4.79 Å². The van der Waals surface area contributed by atoms with Gasteiger partial charge in [-0.05, 0) is 50.2 Å². The molecule has 0 saturated heterocycles. The summed E-state index contributed by atoms with van der Waals surface area (Å²) in [6.07, 6.45) is 1.57. The molecular weight excluding hydrogens is 481 g/mol. The zero-order chi connectivity index (χ0) is 24.7. The van der Waals surface area contributed by atoms with Crippen LogP contribution in [0.3, 0.4) is 0 Å². The fourth-order valence-corrected chi connectivity index (χ4v) is 3.71. The van der Waals surface area contributed by atoms with Crippen LogP contribution in [-0.4, -0.2) is 22.1 Å². The number of ether oxygens (including phenoxy) is 2. The Balaban J connectivity index is 1.67. The van der Waals surface area contributed by atoms with Gasteiger partial charge in [0.05, 0.1) is 5.69 Å². The summed E-state index contributed by atoms with van der Waals surface area (Å²) in [6.45, 7) is 3.28. The summed E-state index contributed by atoms with van der Waals surface area (Å²) in [5, 5.41) is 10.7. The Hall–Kier alpha value is -3.23. The Morgan fingerprint density at radius 3 is 2.59 bits per heavy atom. The standard InChI is InChI=1S/C23H23ClN3O6P/c1-14-22(28)19(11-25)16(12-26-14)13-31-20-5-3-4-6-21(20)33-34(30)27-15(2)23(29)32-18-9-7-17(24)8-10-18/h3-10,12,15,28H,11,13,25H2,1-2H3. The molecule has 3 rings (SSSR count). The Morgan fingerprint density at radius 1 is 1.24 bits per heavy atom. The predicted octanol–water partition coefficient (Wildman–Crippen LogP) is 4.02. The number of benzene rings is 2. The second kappa shape index (κ2) is 11.8. The summed E-state index contributed by atoms with van der Waals surface area (Å²) in [6, 6.07) is 11.8. The molecule has 2 unspecified atom stereocenters. The topological polar surface area (TPSA) is 139 Å². The van der Waals surface area contributed by atoms with Crippen LogP contribution in [0.25, 0.3) is 0 Å². The molecule has 1 aromatic heterocycles. The summed E-state index contributed by atoms with van der Waals surface area (Å²) in [5.74, 6) is 0.0822. The number of aromatic nitrogens is 1. The summed E-state index contributed by atoms with van der Waals surface area (Å²) in [4.78, 5) is 28.8. The first-order chi connectivity index (χ1) is 16.3. The number of pyridine rings is 1. The minimum Gasteiger partial charge on any atom is -0.575 e. The summed E-state index contributed by atoms with van der Waals surface area (Å²) >= 11 is 5.81. The van der Waals surface area contributed by atoms with Crippen molar-refractivity contribution < 1.29 is 28.8 Å². The van der Waals surface area contributed by atoms with Crippen LogP contribution in [-0.2, 0) is 17.9 Å². The fourth-order valence-electron chi connectivity index (χ4n) is 2.84. The maximum atomic E-state index is 12.5. The third-order valence-electron chi connectivity index (χ3n) is 4.68. The van der Waals surface area contributed by atoms with Crippen molar-refractivity contribution in [3.05, 3.63) is 76.6 Å². The second-order valence-electron chi connectivity index (χ2n) is 7.13. The molecule has 34 heavy (non-hydrogen) atoms. The van der Waals surface area contributed by atoms with Crippen LogP contribution in [0.5, 0.6) is 23.0 Å². The molecule has 0 fully saturated rings. The number of carbonyl (C=O) groups excluding carboxylic acids is 1. The van der Waals surface area contributed by atoms with Gasteiger partial charge in [0.25, 0.3) is 0 Å². The van der Waals surface area contributed by atoms with Crippen molar-refractivity contribution >= 4 is 25.7 Å². The van der Waals surface area contributed by atoms with E-state index in [1.165, 1.54) is 19.1 Å². The number of hydrogen-bond donors (Lipinski definition) is 2. The molecule has 0 amide bonds. The molecule has 11 heteroatoms. The first-order valence-electron chi connectivity index (χ1n) is 10.2. The molecule has 0 aliphatic rings. The van der Waals surface area contributed by atoms with E-state index in [-0.39, 0.29) is 24.7 Å². The van der Waals surface area contributed by atoms with Gasteiger partial charge in [-0.2, -0.15) is 0 Å². The highest BCUT2D eigenvalue weighted by Gasteiger charge is 2.21. The quantitative estimate of drug-likeness (QED) is 0.253. The first-order valence-corrected chi connectivity index (χ1v) is 11.7. The molecule has 0 bridgehead atoms. The molecule has 0 radical (unpaired) electrons. The van der Waals surface area contributed by atoms with E-state index in [4.69, 9.17) is 31.3 Å². The van der Waals surface area contributed by atoms with Gasteiger partial charge >= 0.3 is 14.1 Å². The highest BCUT2D eigenvalue weighted by Crippen LogP contribution is 2.34. The van der Waals surface area contributed by atoms with Gasteiger partial charge in [0.15, 0.2) is 11.8 Å². The van der Waals surface area contributed by atoms with Gasteiger partial charge in [-0.15, -0.1) is 0 Å². The van der Waals surface area contributed by atoms with E-state index >= 15 is 0 Å². The summed E-state index contributed by atoms with van der Waals surface area (Å²) < 4.78 is 20.3. The number of aryl methyl sites for hydroxylation is 1. The number of para-hydroxylation sites is 2. The molecule has 178 valence electrons. The lowest BCUT2D eigenvalue weighted by atomic mass is 10.1. The third-order valence-corrected chi connectivity index (χ3v) is 5.82. The van der Waals surface area contributed by atoms with Crippen molar-refractivity contribution in [3.8, 4) is 23.0 Å². The average molecular weight is 504 g/mol. The molecule has 0 aliphatic heterocycles. The molecule has 0 spiro atoms. The molecule has 0 aliphatic carbocycles. The van der Waals surface area contributed by atoms with Gasteiger partial charge < -0.3 is 25.2 Å². The Morgan fingerprint density at radius 2 is 1.91 bits per heavy atom. The fraction of sp³-hybridized carbons (Fsp3) is 0.217. The minimum atomic E-state index is -2.61. The Bertz CT molecular complexity index is 1190. The third kappa shape index (κ3) is 6.65. The maximum absolute atomic E-state index is 12.5. The molecule has 9 nitrogen and oxygen atoms in total. The van der Waals surface area contributed by atoms with Crippen LogP contribution in [0.1, 0.15) is 23.7 Å². The number of nitrogens with two attached hydrogens (primary N) is 1.